The topological polar surface area (TPSA) is 125 Å². The van der Waals surface area contributed by atoms with Crippen LogP contribution in [-0.4, -0.2) is 29.9 Å². The molecule has 8 nitrogen and oxygen atoms in total. The minimum atomic E-state index is 0. The fourth-order valence-corrected chi connectivity index (χ4v) is 5.74. The van der Waals surface area contributed by atoms with Crippen LogP contribution in [0.5, 0.6) is 0 Å². The molecule has 0 saturated carbocycles. The van der Waals surface area contributed by atoms with Gasteiger partial charge >= 0.3 is 99.0 Å². The first-order valence-corrected chi connectivity index (χ1v) is 22.8. The number of halogens is 1. The van der Waals surface area contributed by atoms with Gasteiger partial charge in [-0.15, -0.1) is 144 Å². The Kier molecular flexibility index (Phi) is 30.8. The van der Waals surface area contributed by atoms with Crippen molar-refractivity contribution in [3.8, 4) is 67.8 Å². The number of hydrogen-bond donors (Lipinski definition) is 0. The van der Waals surface area contributed by atoms with E-state index in [1.54, 1.807) is 24.8 Å². The van der Waals surface area contributed by atoms with E-state index in [-0.39, 0.29) is 71.5 Å². The van der Waals surface area contributed by atoms with Gasteiger partial charge in [0.05, 0.1) is 22.8 Å². The second-order valence-electron chi connectivity index (χ2n) is 12.8. The smallest absolute Gasteiger partial charge is 0.305 e. The molecule has 6 aromatic heterocycles. The Labute approximate surface area is 470 Å². The largest absolute Gasteiger partial charge is 3.00 e. The van der Waals surface area contributed by atoms with Crippen molar-refractivity contribution in [2.45, 2.75) is 0 Å². The number of nitrogens with zero attached hydrogens (tertiary/aromatic N) is 8. The van der Waals surface area contributed by atoms with Crippen molar-refractivity contribution in [2.75, 3.05) is 0 Å². The molecular formula is C56H38ClIr2KN8. The first kappa shape index (κ1) is 58.1. The molecule has 68 heavy (non-hydrogen) atoms. The summed E-state index contributed by atoms with van der Waals surface area (Å²) in [5.41, 5.74) is 11.4. The zero-order valence-corrected chi connectivity index (χ0v) is 45.2. The zero-order valence-electron chi connectivity index (χ0n) is 36.6. The van der Waals surface area contributed by atoms with E-state index in [1.165, 1.54) is 17.9 Å². The van der Waals surface area contributed by atoms with Gasteiger partial charge in [0.1, 0.15) is 0 Å². The Hall–Kier alpha value is -6.01. The van der Waals surface area contributed by atoms with Crippen LogP contribution in [0.2, 0.25) is 0 Å². The SMILES string of the molecule is [C-]#N.[C-]#N.[Cl][Ir+2].[Ir+3].[K+].[c-]1ccccc1-c1cccc(-c2ccccn2)n1.[c-]1ccccc1-c1cccc(-c2ccccn2)n1.[c-]1ccccc1-c1ccccn1.[c-]1ccccc1-c1ccccn1. The van der Waals surface area contributed by atoms with Gasteiger partial charge in [0.15, 0.2) is 0 Å². The second kappa shape index (κ2) is 36.1. The van der Waals surface area contributed by atoms with E-state index in [1.807, 2.05) is 206 Å². The molecule has 0 amide bonds. The maximum atomic E-state index is 6.25. The van der Waals surface area contributed by atoms with Crippen molar-refractivity contribution >= 4 is 9.58 Å². The Bertz CT molecular complexity index is 2460. The Balaban J connectivity index is 0.000000301. The molecule has 6 heterocycles. The molecule has 0 bridgehead atoms. The van der Waals surface area contributed by atoms with Crippen LogP contribution in [0.15, 0.2) is 231 Å². The van der Waals surface area contributed by atoms with Crippen LogP contribution in [0, 0.1) is 47.9 Å². The molecule has 0 aliphatic heterocycles. The monoisotopic (exact) mass is 1280 g/mol. The first-order chi connectivity index (χ1) is 32.8. The van der Waals surface area contributed by atoms with Crippen molar-refractivity contribution in [3.05, 3.63) is 268 Å². The van der Waals surface area contributed by atoms with Crippen LogP contribution in [0.4, 0.5) is 0 Å². The van der Waals surface area contributed by atoms with Gasteiger partial charge in [-0.1, -0.05) is 60.7 Å². The molecule has 0 saturated heterocycles. The summed E-state index contributed by atoms with van der Waals surface area (Å²) in [6, 6.07) is 79.2. The van der Waals surface area contributed by atoms with E-state index in [2.05, 4.69) is 63.8 Å². The molecule has 0 fully saturated rings. The number of aromatic nitrogens is 6. The van der Waals surface area contributed by atoms with Gasteiger partial charge in [0, 0.05) is 24.8 Å². The number of pyridine rings is 6. The van der Waals surface area contributed by atoms with Crippen molar-refractivity contribution in [2.24, 2.45) is 0 Å². The van der Waals surface area contributed by atoms with Crippen LogP contribution >= 0.6 is 9.58 Å². The fourth-order valence-electron chi connectivity index (χ4n) is 5.74. The molecule has 4 aromatic carbocycles. The summed E-state index contributed by atoms with van der Waals surface area (Å²) < 4.78 is 0. The van der Waals surface area contributed by atoms with Gasteiger partial charge in [-0.2, -0.15) is 0 Å². The van der Waals surface area contributed by atoms with Crippen molar-refractivity contribution in [1.29, 1.82) is 10.5 Å². The average Bonchev–Trinajstić information content (AvgIpc) is 3.45. The molecule has 0 aliphatic carbocycles. The summed E-state index contributed by atoms with van der Waals surface area (Å²) in [6.07, 6.45) is 7.13. The second-order valence-corrected chi connectivity index (χ2v) is 12.8. The summed E-state index contributed by atoms with van der Waals surface area (Å²) >= 11 is 1.47. The predicted octanol–water partition coefficient (Wildman–Crippen LogP) is 10.2. The van der Waals surface area contributed by atoms with Gasteiger partial charge < -0.3 is 33.6 Å². The van der Waals surface area contributed by atoms with Crippen LogP contribution < -0.4 is 51.4 Å². The van der Waals surface area contributed by atoms with Crippen molar-refractivity contribution in [1.82, 2.24) is 29.9 Å². The maximum Gasteiger partial charge on any atom is 3.00 e. The van der Waals surface area contributed by atoms with E-state index in [0.717, 1.165) is 67.8 Å². The minimum Gasteiger partial charge on any atom is -0.305 e. The number of hydrogen-bond acceptors (Lipinski definition) is 8. The van der Waals surface area contributed by atoms with Crippen LogP contribution in [0.25, 0.3) is 67.8 Å². The maximum absolute atomic E-state index is 6.25. The van der Waals surface area contributed by atoms with Gasteiger partial charge in [-0.3, -0.25) is 19.9 Å². The van der Waals surface area contributed by atoms with Crippen LogP contribution in [0.3, 0.4) is 0 Å². The van der Waals surface area contributed by atoms with Crippen LogP contribution in [-0.2, 0) is 38.0 Å². The molecule has 328 valence electrons. The minimum absolute atomic E-state index is 0. The Morgan fingerprint density at radius 2 is 0.544 bits per heavy atom. The quantitative estimate of drug-likeness (QED) is 0.119. The van der Waals surface area contributed by atoms with Crippen LogP contribution in [0.1, 0.15) is 0 Å². The summed E-state index contributed by atoms with van der Waals surface area (Å²) in [7, 11) is 4.64. The Morgan fingerprint density at radius 3 is 0.794 bits per heavy atom. The molecule has 12 heteroatoms. The van der Waals surface area contributed by atoms with Gasteiger partial charge in [0.25, 0.3) is 0 Å². The third-order valence-electron chi connectivity index (χ3n) is 8.62. The number of rotatable bonds is 6. The van der Waals surface area contributed by atoms with E-state index in [4.69, 9.17) is 23.7 Å². The zero-order chi connectivity index (χ0) is 46.9. The molecule has 0 spiro atoms. The van der Waals surface area contributed by atoms with Gasteiger partial charge in [-0.05, 0) is 71.3 Å². The summed E-state index contributed by atoms with van der Waals surface area (Å²) in [4.78, 5) is 26.3. The van der Waals surface area contributed by atoms with Gasteiger partial charge in [0.2, 0.25) is 0 Å². The van der Waals surface area contributed by atoms with E-state index in [0.29, 0.717) is 0 Å². The normalized spacial score (nSPS) is 8.97. The van der Waals surface area contributed by atoms with Crippen molar-refractivity contribution in [3.63, 3.8) is 0 Å². The van der Waals surface area contributed by atoms with E-state index in [9.17, 15) is 0 Å². The molecule has 0 N–H and O–H groups in total. The molecule has 0 aliphatic rings. The summed E-state index contributed by atoms with van der Waals surface area (Å²) in [5, 5.41) is 12.5. The third kappa shape index (κ3) is 20.1. The predicted molar refractivity (Wildman–Crippen MR) is 256 cm³/mol. The standard InChI is InChI=1S/2C16H11N2.2C11H8N.2CN.ClH.2Ir.K/c2*1-2-7-13(8-3-1)14-10-6-11-16(18-14)15-9-4-5-12-17-15;2*1-2-6-10(7-3-1)11-8-4-5-9-12-11;2*1-2;;;;/h2*1-7,9-12H;2*1-6,8-9H;;;1H;;;/q6*-1;;2*+3;+1/p-1. The molecule has 0 unspecified atom stereocenters. The third-order valence-corrected chi connectivity index (χ3v) is 8.62. The molecule has 0 atom stereocenters. The molecular weight excluding hydrogens is 1240 g/mol. The van der Waals surface area contributed by atoms with E-state index >= 15 is 0 Å². The van der Waals surface area contributed by atoms with E-state index < -0.39 is 0 Å². The number of benzene rings is 4. The summed E-state index contributed by atoms with van der Waals surface area (Å²) in [6.45, 7) is 9.50. The fraction of sp³-hybridized carbons (Fsp3) is 0. The molecule has 10 aromatic rings. The van der Waals surface area contributed by atoms with Gasteiger partial charge in [-0.25, -0.2) is 0 Å². The molecule has 0 radical (unpaired) electrons. The summed E-state index contributed by atoms with van der Waals surface area (Å²) in [5.74, 6) is 0. The van der Waals surface area contributed by atoms with Crippen molar-refractivity contribution < 1.29 is 89.4 Å². The average molecular weight is 1280 g/mol. The first-order valence-electron chi connectivity index (χ1n) is 19.8. The Morgan fingerprint density at radius 1 is 0.309 bits per heavy atom. The molecule has 10 rings (SSSR count).